The molecule has 5 nitrogen and oxygen atoms in total. The van der Waals surface area contributed by atoms with Crippen molar-refractivity contribution >= 4 is 28.9 Å². The van der Waals surface area contributed by atoms with Crippen LogP contribution < -0.4 is 10.2 Å². The quantitative estimate of drug-likeness (QED) is 0.922. The highest BCUT2D eigenvalue weighted by atomic mass is 35.5. The number of benzene rings is 1. The topological polar surface area (TPSA) is 69.3 Å². The lowest BCUT2D eigenvalue weighted by molar-refractivity contribution is 0.0996. The van der Waals surface area contributed by atoms with Crippen LogP contribution >= 0.6 is 11.6 Å². The Balaban J connectivity index is 1.86. The second-order valence-corrected chi connectivity index (χ2v) is 5.82. The normalized spacial score (nSPS) is 14.3. The van der Waals surface area contributed by atoms with Crippen LogP contribution in [0.1, 0.15) is 35.6 Å². The number of rotatable bonds is 3. The van der Waals surface area contributed by atoms with Crippen molar-refractivity contribution in [3.63, 3.8) is 0 Å². The van der Waals surface area contributed by atoms with Gasteiger partial charge in [0.15, 0.2) is 5.76 Å². The number of para-hydroxylation sites is 1. The molecule has 0 bridgehead atoms. The number of carbonyl (C=O) groups is 1. The van der Waals surface area contributed by atoms with Crippen molar-refractivity contribution in [3.8, 4) is 6.07 Å². The number of nitrogens with zero attached hydrogens (tertiary/aromatic N) is 2. The first-order valence-electron chi connectivity index (χ1n) is 7.54. The molecule has 3 rings (SSSR count). The van der Waals surface area contributed by atoms with Gasteiger partial charge in [0.2, 0.25) is 5.76 Å². The Morgan fingerprint density at radius 3 is 2.70 bits per heavy atom. The highest BCUT2D eigenvalue weighted by Crippen LogP contribution is 2.35. The highest BCUT2D eigenvalue weighted by molar-refractivity contribution is 6.34. The first-order valence-corrected chi connectivity index (χ1v) is 7.91. The minimum atomic E-state index is -0.396. The minimum Gasteiger partial charge on any atom is -0.440 e. The number of nitrogens with one attached hydrogen (secondary N) is 1. The molecule has 1 aromatic heterocycles. The Hall–Kier alpha value is -2.45. The van der Waals surface area contributed by atoms with Crippen LogP contribution in [-0.4, -0.2) is 19.0 Å². The lowest BCUT2D eigenvalue weighted by Gasteiger charge is -2.31. The summed E-state index contributed by atoms with van der Waals surface area (Å²) >= 11 is 6.36. The number of piperidine rings is 1. The Bertz CT molecular complexity index is 757. The molecule has 0 unspecified atom stereocenters. The third-order valence-electron chi connectivity index (χ3n) is 3.85. The zero-order chi connectivity index (χ0) is 16.2. The van der Waals surface area contributed by atoms with E-state index < -0.39 is 5.91 Å². The maximum Gasteiger partial charge on any atom is 0.291 e. The van der Waals surface area contributed by atoms with E-state index in [2.05, 4.69) is 10.2 Å². The molecule has 118 valence electrons. The number of amides is 1. The SMILES string of the molecule is N#Cc1ccc(C(=O)Nc2cccc(Cl)c2N2CCCCC2)o1. The Labute approximate surface area is 139 Å². The molecular weight excluding hydrogens is 314 g/mol. The van der Waals surface area contributed by atoms with Crippen LogP contribution in [0.4, 0.5) is 11.4 Å². The van der Waals surface area contributed by atoms with Gasteiger partial charge in [-0.1, -0.05) is 17.7 Å². The molecule has 0 saturated carbocycles. The molecule has 1 aliphatic rings. The zero-order valence-electron chi connectivity index (χ0n) is 12.5. The van der Waals surface area contributed by atoms with Crippen LogP contribution in [0.2, 0.25) is 5.02 Å². The van der Waals surface area contributed by atoms with E-state index in [0.717, 1.165) is 31.6 Å². The first kappa shape index (κ1) is 15.4. The summed E-state index contributed by atoms with van der Waals surface area (Å²) in [7, 11) is 0. The molecule has 2 aromatic rings. The van der Waals surface area contributed by atoms with E-state index in [0.29, 0.717) is 10.7 Å². The van der Waals surface area contributed by atoms with Gasteiger partial charge in [-0.15, -0.1) is 0 Å². The number of anilines is 2. The van der Waals surface area contributed by atoms with E-state index in [-0.39, 0.29) is 11.5 Å². The Morgan fingerprint density at radius 1 is 1.22 bits per heavy atom. The van der Waals surface area contributed by atoms with Gasteiger partial charge >= 0.3 is 0 Å². The maximum atomic E-state index is 12.3. The van der Waals surface area contributed by atoms with Gasteiger partial charge < -0.3 is 14.6 Å². The van der Waals surface area contributed by atoms with E-state index in [4.69, 9.17) is 21.3 Å². The summed E-state index contributed by atoms with van der Waals surface area (Å²) in [6, 6.07) is 10.3. The predicted molar refractivity (Wildman–Crippen MR) is 88.9 cm³/mol. The first-order chi connectivity index (χ1) is 11.2. The minimum absolute atomic E-state index is 0.103. The van der Waals surface area contributed by atoms with Crippen LogP contribution in [0, 0.1) is 11.3 Å². The summed E-state index contributed by atoms with van der Waals surface area (Å²) in [4.78, 5) is 14.5. The predicted octanol–water partition coefficient (Wildman–Crippen LogP) is 4.05. The lowest BCUT2D eigenvalue weighted by atomic mass is 10.1. The maximum absolute atomic E-state index is 12.3. The third kappa shape index (κ3) is 3.33. The van der Waals surface area contributed by atoms with Crippen LogP contribution in [0.5, 0.6) is 0 Å². The molecule has 1 fully saturated rings. The number of nitriles is 1. The van der Waals surface area contributed by atoms with Crippen LogP contribution in [0.25, 0.3) is 0 Å². The van der Waals surface area contributed by atoms with E-state index in [9.17, 15) is 4.79 Å². The van der Waals surface area contributed by atoms with Crippen LogP contribution in [0.15, 0.2) is 34.7 Å². The van der Waals surface area contributed by atoms with Crippen molar-refractivity contribution in [2.45, 2.75) is 19.3 Å². The van der Waals surface area contributed by atoms with E-state index >= 15 is 0 Å². The van der Waals surface area contributed by atoms with Gasteiger partial charge in [-0.05, 0) is 43.5 Å². The molecule has 0 atom stereocenters. The van der Waals surface area contributed by atoms with E-state index in [1.165, 1.54) is 18.6 Å². The van der Waals surface area contributed by atoms with Gasteiger partial charge in [-0.25, -0.2) is 0 Å². The highest BCUT2D eigenvalue weighted by Gasteiger charge is 2.20. The monoisotopic (exact) mass is 329 g/mol. The average molecular weight is 330 g/mol. The van der Waals surface area contributed by atoms with E-state index in [1.54, 1.807) is 6.07 Å². The van der Waals surface area contributed by atoms with Crippen molar-refractivity contribution in [1.82, 2.24) is 0 Å². The zero-order valence-corrected chi connectivity index (χ0v) is 13.3. The average Bonchev–Trinajstić information content (AvgIpc) is 3.05. The molecule has 1 aliphatic heterocycles. The molecule has 23 heavy (non-hydrogen) atoms. The number of carbonyl (C=O) groups excluding carboxylic acids is 1. The Morgan fingerprint density at radius 2 is 2.00 bits per heavy atom. The van der Waals surface area contributed by atoms with Crippen LogP contribution in [0.3, 0.4) is 0 Å². The van der Waals surface area contributed by atoms with Gasteiger partial charge in [0.1, 0.15) is 6.07 Å². The van der Waals surface area contributed by atoms with Crippen molar-refractivity contribution in [1.29, 1.82) is 5.26 Å². The standard InChI is InChI=1S/C17H16ClN3O2/c18-13-5-4-6-14(16(13)21-9-2-1-3-10-21)20-17(22)15-8-7-12(11-19)23-15/h4-8H,1-3,9-10H2,(H,20,22). The summed E-state index contributed by atoms with van der Waals surface area (Å²) in [6.45, 7) is 1.85. The fourth-order valence-corrected chi connectivity index (χ4v) is 3.05. The largest absolute Gasteiger partial charge is 0.440 e. The number of halogens is 1. The molecule has 2 heterocycles. The summed E-state index contributed by atoms with van der Waals surface area (Å²) in [5.41, 5.74) is 1.49. The number of hydrogen-bond acceptors (Lipinski definition) is 4. The van der Waals surface area contributed by atoms with Gasteiger partial charge in [0, 0.05) is 13.1 Å². The third-order valence-corrected chi connectivity index (χ3v) is 4.15. The molecule has 6 heteroatoms. The van der Waals surface area contributed by atoms with Crippen molar-refractivity contribution in [2.24, 2.45) is 0 Å². The summed E-state index contributed by atoms with van der Waals surface area (Å²) < 4.78 is 5.16. The van der Waals surface area contributed by atoms with Gasteiger partial charge in [-0.3, -0.25) is 4.79 Å². The molecule has 0 aliphatic carbocycles. The molecule has 1 amide bonds. The summed E-state index contributed by atoms with van der Waals surface area (Å²) in [6.07, 6.45) is 3.44. The van der Waals surface area contributed by atoms with Gasteiger partial charge in [0.25, 0.3) is 5.91 Å². The van der Waals surface area contributed by atoms with Crippen molar-refractivity contribution in [3.05, 3.63) is 46.9 Å². The second-order valence-electron chi connectivity index (χ2n) is 5.41. The smallest absolute Gasteiger partial charge is 0.291 e. The van der Waals surface area contributed by atoms with Gasteiger partial charge in [-0.2, -0.15) is 5.26 Å². The molecule has 0 spiro atoms. The summed E-state index contributed by atoms with van der Waals surface area (Å²) in [5, 5.41) is 12.2. The second kappa shape index (κ2) is 6.76. The molecule has 0 radical (unpaired) electrons. The van der Waals surface area contributed by atoms with Crippen molar-refractivity contribution < 1.29 is 9.21 Å². The molecule has 1 saturated heterocycles. The van der Waals surface area contributed by atoms with Crippen molar-refractivity contribution in [2.75, 3.05) is 23.3 Å². The molecule has 1 N–H and O–H groups in total. The number of hydrogen-bond donors (Lipinski definition) is 1. The summed E-state index contributed by atoms with van der Waals surface area (Å²) in [5.74, 6) is -0.185. The lowest BCUT2D eigenvalue weighted by Crippen LogP contribution is -2.30. The molecular formula is C17H16ClN3O2. The van der Waals surface area contributed by atoms with Gasteiger partial charge in [0.05, 0.1) is 16.4 Å². The van der Waals surface area contributed by atoms with E-state index in [1.807, 2.05) is 18.2 Å². The fraction of sp³-hybridized carbons (Fsp3) is 0.294. The number of furan rings is 1. The fourth-order valence-electron chi connectivity index (χ4n) is 2.76. The molecule has 1 aromatic carbocycles. The Kier molecular flexibility index (Phi) is 4.54. The van der Waals surface area contributed by atoms with Crippen LogP contribution in [-0.2, 0) is 0 Å².